The number of hydrogen-bond donors (Lipinski definition) is 2. The van der Waals surface area contributed by atoms with Crippen LogP contribution >= 0.6 is 24.8 Å². The summed E-state index contributed by atoms with van der Waals surface area (Å²) in [5.74, 6) is 1.04. The topological polar surface area (TPSA) is 74.3 Å². The molecule has 1 aromatic rings. The van der Waals surface area contributed by atoms with Gasteiger partial charge in [0.05, 0.1) is 5.92 Å². The average Bonchev–Trinajstić information content (AvgIpc) is 2.52. The van der Waals surface area contributed by atoms with Gasteiger partial charge < -0.3 is 15.5 Å². The average molecular weight is 403 g/mol. The van der Waals surface area contributed by atoms with Gasteiger partial charge in [0, 0.05) is 24.7 Å². The molecule has 8 heteroatoms. The van der Waals surface area contributed by atoms with Crippen molar-refractivity contribution in [2.24, 2.45) is 17.8 Å². The maximum Gasteiger partial charge on any atom is 0.230 e. The lowest BCUT2D eigenvalue weighted by Gasteiger charge is -2.38. The Bertz CT molecular complexity index is 625. The molecule has 2 atom stereocenters. The molecule has 0 bridgehead atoms. The van der Waals surface area contributed by atoms with Crippen molar-refractivity contribution in [2.75, 3.05) is 31.5 Å². The third-order valence-corrected chi connectivity index (χ3v) is 5.15. The van der Waals surface area contributed by atoms with Crippen LogP contribution in [0.15, 0.2) is 18.2 Å². The van der Waals surface area contributed by atoms with Crippen LogP contribution in [-0.2, 0) is 9.59 Å². The molecule has 6 nitrogen and oxygen atoms in total. The second kappa shape index (κ2) is 10.1. The third-order valence-electron chi connectivity index (χ3n) is 5.15. The Hall–Kier alpha value is -1.37. The quantitative estimate of drug-likeness (QED) is 0.809. The highest BCUT2D eigenvalue weighted by atomic mass is 35.5. The molecule has 2 aliphatic rings. The molecule has 2 fully saturated rings. The third kappa shape index (κ3) is 5.32. The van der Waals surface area contributed by atoms with E-state index in [-0.39, 0.29) is 48.5 Å². The van der Waals surface area contributed by atoms with E-state index in [4.69, 9.17) is 0 Å². The van der Waals surface area contributed by atoms with Crippen LogP contribution < -0.4 is 10.6 Å². The number of carbonyl (C=O) groups excluding carboxylic acids is 2. The lowest BCUT2D eigenvalue weighted by Crippen LogP contribution is -2.52. The van der Waals surface area contributed by atoms with Crippen molar-refractivity contribution >= 4 is 42.4 Å². The molecule has 2 unspecified atom stereocenters. The molecule has 0 aliphatic carbocycles. The zero-order valence-electron chi connectivity index (χ0n) is 15.2. The second-order valence-electron chi connectivity index (χ2n) is 6.98. The minimum atomic E-state index is -0.156. The molecule has 2 N–H and O–H groups in total. The molecule has 2 aliphatic heterocycles. The number of halogens is 2. The minimum Gasteiger partial charge on any atom is -0.342 e. The molecule has 2 amide bonds. The summed E-state index contributed by atoms with van der Waals surface area (Å²) in [5, 5.41) is 6.11. The van der Waals surface area contributed by atoms with Crippen LogP contribution in [0.1, 0.15) is 25.5 Å². The summed E-state index contributed by atoms with van der Waals surface area (Å²) in [4.78, 5) is 31.4. The largest absolute Gasteiger partial charge is 0.342 e. The Kier molecular flexibility index (Phi) is 8.80. The zero-order valence-corrected chi connectivity index (χ0v) is 16.9. The monoisotopic (exact) mass is 402 g/mol. The summed E-state index contributed by atoms with van der Waals surface area (Å²) >= 11 is 0. The molecule has 0 saturated carbocycles. The van der Waals surface area contributed by atoms with Crippen LogP contribution in [0.3, 0.4) is 0 Å². The molecule has 0 spiro atoms. The van der Waals surface area contributed by atoms with Gasteiger partial charge in [-0.3, -0.25) is 9.59 Å². The van der Waals surface area contributed by atoms with E-state index in [9.17, 15) is 9.59 Å². The number of nitrogens with one attached hydrogen (secondary N) is 2. The van der Waals surface area contributed by atoms with Crippen molar-refractivity contribution in [1.29, 1.82) is 0 Å². The van der Waals surface area contributed by atoms with E-state index >= 15 is 0 Å². The smallest absolute Gasteiger partial charge is 0.230 e. The Labute approximate surface area is 167 Å². The zero-order chi connectivity index (χ0) is 17.1. The highest BCUT2D eigenvalue weighted by molar-refractivity contribution is 5.92. The van der Waals surface area contributed by atoms with E-state index in [1.807, 2.05) is 30.9 Å². The van der Waals surface area contributed by atoms with Gasteiger partial charge in [-0.15, -0.1) is 24.8 Å². The van der Waals surface area contributed by atoms with Crippen LogP contribution in [0.5, 0.6) is 0 Å². The summed E-state index contributed by atoms with van der Waals surface area (Å²) in [6.07, 6.45) is 1.70. The van der Waals surface area contributed by atoms with Crippen LogP contribution in [-0.4, -0.2) is 47.9 Å². The predicted octanol–water partition coefficient (Wildman–Crippen LogP) is 2.27. The first kappa shape index (κ1) is 22.7. The summed E-state index contributed by atoms with van der Waals surface area (Å²) in [6, 6.07) is 5.57. The number of aryl methyl sites for hydroxylation is 1. The van der Waals surface area contributed by atoms with Gasteiger partial charge >= 0.3 is 0 Å². The number of anilines is 1. The summed E-state index contributed by atoms with van der Waals surface area (Å²) in [5.41, 5.74) is 0.871. The van der Waals surface area contributed by atoms with Gasteiger partial charge in [0.2, 0.25) is 11.8 Å². The van der Waals surface area contributed by atoms with Crippen LogP contribution in [0.25, 0.3) is 0 Å². The SMILES string of the molecule is Cc1cccc(NC(=O)C2CCCN(C(=O)C(C)C3CNC3)C2)n1.Cl.Cl. The predicted molar refractivity (Wildman–Crippen MR) is 107 cm³/mol. The summed E-state index contributed by atoms with van der Waals surface area (Å²) < 4.78 is 0. The van der Waals surface area contributed by atoms with E-state index in [1.165, 1.54) is 0 Å². The second-order valence-corrected chi connectivity index (χ2v) is 6.98. The number of pyridine rings is 1. The highest BCUT2D eigenvalue weighted by Gasteiger charge is 2.35. The van der Waals surface area contributed by atoms with Gasteiger partial charge in [-0.1, -0.05) is 13.0 Å². The first-order valence-corrected chi connectivity index (χ1v) is 8.78. The van der Waals surface area contributed by atoms with Crippen molar-refractivity contribution in [3.8, 4) is 0 Å². The van der Waals surface area contributed by atoms with Crippen molar-refractivity contribution in [3.63, 3.8) is 0 Å². The lowest BCUT2D eigenvalue weighted by atomic mass is 9.87. The van der Waals surface area contributed by atoms with Crippen LogP contribution in [0, 0.1) is 24.7 Å². The number of nitrogens with zero attached hydrogens (tertiary/aromatic N) is 2. The number of amides is 2. The van der Waals surface area contributed by atoms with Crippen LogP contribution in [0.2, 0.25) is 0 Å². The standard InChI is InChI=1S/C18H26N4O2.2ClH/c1-12-5-3-7-16(20-12)21-17(23)14-6-4-8-22(11-14)18(24)13(2)15-9-19-10-15;;/h3,5,7,13-15,19H,4,6,8-11H2,1-2H3,(H,20,21,23);2*1H. The Morgan fingerprint density at radius 3 is 2.65 bits per heavy atom. The van der Waals surface area contributed by atoms with Gasteiger partial charge in [0.25, 0.3) is 0 Å². The van der Waals surface area contributed by atoms with Crippen molar-refractivity contribution in [1.82, 2.24) is 15.2 Å². The summed E-state index contributed by atoms with van der Waals surface area (Å²) in [6.45, 7) is 7.02. The maximum absolute atomic E-state index is 12.7. The maximum atomic E-state index is 12.7. The minimum absolute atomic E-state index is 0. The number of piperidine rings is 1. The van der Waals surface area contributed by atoms with E-state index in [0.29, 0.717) is 18.3 Å². The number of hydrogen-bond acceptors (Lipinski definition) is 4. The fourth-order valence-electron chi connectivity index (χ4n) is 3.39. The molecule has 0 radical (unpaired) electrons. The molecule has 2 saturated heterocycles. The molecule has 1 aromatic heterocycles. The molecule has 3 heterocycles. The first-order valence-electron chi connectivity index (χ1n) is 8.78. The number of rotatable bonds is 4. The molecular formula is C18H28Cl2N4O2. The van der Waals surface area contributed by atoms with E-state index in [1.54, 1.807) is 6.07 Å². The van der Waals surface area contributed by atoms with Gasteiger partial charge in [-0.2, -0.15) is 0 Å². The normalized spacial score (nSPS) is 20.8. The Morgan fingerprint density at radius 1 is 1.31 bits per heavy atom. The summed E-state index contributed by atoms with van der Waals surface area (Å²) in [7, 11) is 0. The number of aromatic nitrogens is 1. The fourth-order valence-corrected chi connectivity index (χ4v) is 3.39. The molecular weight excluding hydrogens is 375 g/mol. The lowest BCUT2D eigenvalue weighted by molar-refractivity contribution is -0.140. The van der Waals surface area contributed by atoms with Crippen molar-refractivity contribution in [2.45, 2.75) is 26.7 Å². The molecule has 0 aromatic carbocycles. The van der Waals surface area contributed by atoms with E-state index in [2.05, 4.69) is 15.6 Å². The Morgan fingerprint density at radius 2 is 2.04 bits per heavy atom. The number of carbonyl (C=O) groups is 2. The number of likely N-dealkylation sites (tertiary alicyclic amines) is 1. The first-order chi connectivity index (χ1) is 11.5. The Balaban J connectivity index is 0.00000169. The molecule has 3 rings (SSSR count). The highest BCUT2D eigenvalue weighted by Crippen LogP contribution is 2.23. The molecule has 26 heavy (non-hydrogen) atoms. The van der Waals surface area contributed by atoms with Crippen molar-refractivity contribution in [3.05, 3.63) is 23.9 Å². The van der Waals surface area contributed by atoms with Gasteiger partial charge in [0.15, 0.2) is 0 Å². The van der Waals surface area contributed by atoms with Crippen molar-refractivity contribution < 1.29 is 9.59 Å². The van der Waals surface area contributed by atoms with E-state index in [0.717, 1.165) is 38.2 Å². The van der Waals surface area contributed by atoms with Crippen LogP contribution in [0.4, 0.5) is 5.82 Å². The van der Waals surface area contributed by atoms with Gasteiger partial charge in [-0.05, 0) is 50.9 Å². The molecule has 146 valence electrons. The van der Waals surface area contributed by atoms with Gasteiger partial charge in [-0.25, -0.2) is 4.98 Å². The van der Waals surface area contributed by atoms with E-state index < -0.39 is 0 Å². The fraction of sp³-hybridized carbons (Fsp3) is 0.611. The van der Waals surface area contributed by atoms with Gasteiger partial charge in [0.1, 0.15) is 5.82 Å².